The van der Waals surface area contributed by atoms with Gasteiger partial charge in [-0.25, -0.2) is 9.97 Å². The zero-order valence-electron chi connectivity index (χ0n) is 12.7. The molecule has 1 heterocycles. The van der Waals surface area contributed by atoms with Crippen LogP contribution in [0.3, 0.4) is 0 Å². The lowest BCUT2D eigenvalue weighted by molar-refractivity contribution is -0.274. The summed E-state index contributed by atoms with van der Waals surface area (Å²) in [5.74, 6) is -1.16. The van der Waals surface area contributed by atoms with Crippen molar-refractivity contribution in [2.24, 2.45) is 5.73 Å². The third-order valence-corrected chi connectivity index (χ3v) is 3.43. The summed E-state index contributed by atoms with van der Waals surface area (Å²) in [4.78, 5) is 19.7. The van der Waals surface area contributed by atoms with E-state index in [1.807, 2.05) is 0 Å². The fraction of sp³-hybridized carbons (Fsp3) is 0.118. The molecular weight excluding hydrogens is 335 g/mol. The molecule has 8 heteroatoms. The highest BCUT2D eigenvalue weighted by molar-refractivity contribution is 5.92. The molecule has 0 radical (unpaired) electrons. The van der Waals surface area contributed by atoms with E-state index in [-0.39, 0.29) is 11.6 Å². The highest BCUT2D eigenvalue weighted by Gasteiger charge is 2.30. The van der Waals surface area contributed by atoms with E-state index in [2.05, 4.69) is 14.7 Å². The minimum Gasteiger partial charge on any atom is -0.406 e. The van der Waals surface area contributed by atoms with E-state index in [4.69, 9.17) is 5.73 Å². The molecule has 25 heavy (non-hydrogen) atoms. The molecule has 0 saturated carbocycles. The predicted molar refractivity (Wildman–Crippen MR) is 84.0 cm³/mol. The van der Waals surface area contributed by atoms with Crippen LogP contribution in [0.1, 0.15) is 21.9 Å². The van der Waals surface area contributed by atoms with Gasteiger partial charge in [0.1, 0.15) is 5.75 Å². The molecule has 0 aliphatic carbocycles. The van der Waals surface area contributed by atoms with Crippen LogP contribution in [0.4, 0.5) is 13.2 Å². The van der Waals surface area contributed by atoms with Gasteiger partial charge in [-0.2, -0.15) is 0 Å². The number of benzene rings is 2. The Labute approximate surface area is 140 Å². The molecule has 0 unspecified atom stereocenters. The first-order chi connectivity index (χ1) is 11.8. The van der Waals surface area contributed by atoms with Gasteiger partial charge in [0.25, 0.3) is 5.91 Å². The number of nitrogens with two attached hydrogens (primary N) is 1. The van der Waals surface area contributed by atoms with Crippen LogP contribution in [0.15, 0.2) is 48.5 Å². The number of ether oxygens (including phenoxy) is 1. The average Bonchev–Trinajstić information content (AvgIpc) is 2.55. The lowest BCUT2D eigenvalue weighted by Crippen LogP contribution is -2.17. The van der Waals surface area contributed by atoms with Crippen LogP contribution in [-0.2, 0) is 6.42 Å². The van der Waals surface area contributed by atoms with Crippen LogP contribution < -0.4 is 10.5 Å². The van der Waals surface area contributed by atoms with Crippen LogP contribution in [0.25, 0.3) is 10.9 Å². The number of hydrogen-bond donors (Lipinski definition) is 1. The summed E-state index contributed by atoms with van der Waals surface area (Å²) in [6, 6.07) is 12.6. The molecule has 2 aromatic carbocycles. The van der Waals surface area contributed by atoms with E-state index in [0.29, 0.717) is 23.2 Å². The van der Waals surface area contributed by atoms with Crippen LogP contribution in [0.5, 0.6) is 5.75 Å². The van der Waals surface area contributed by atoms with Gasteiger partial charge in [-0.3, -0.25) is 4.79 Å². The summed E-state index contributed by atoms with van der Waals surface area (Å²) in [7, 11) is 0. The second kappa shape index (κ2) is 6.39. The van der Waals surface area contributed by atoms with Gasteiger partial charge in [-0.1, -0.05) is 30.3 Å². The number of primary amides is 1. The molecule has 0 atom stereocenters. The number of aromatic nitrogens is 2. The molecule has 1 amide bonds. The number of para-hydroxylation sites is 1. The smallest absolute Gasteiger partial charge is 0.406 e. The van der Waals surface area contributed by atoms with Gasteiger partial charge in [0.05, 0.1) is 11.2 Å². The number of carbonyl (C=O) groups excluding carboxylic acids is 1. The molecule has 5 nitrogen and oxygen atoms in total. The maximum absolute atomic E-state index is 12.2. The van der Waals surface area contributed by atoms with Crippen molar-refractivity contribution in [2.45, 2.75) is 12.8 Å². The van der Waals surface area contributed by atoms with Crippen molar-refractivity contribution in [2.75, 3.05) is 0 Å². The zero-order chi connectivity index (χ0) is 18.0. The van der Waals surface area contributed by atoms with Crippen molar-refractivity contribution in [3.8, 4) is 5.75 Å². The minimum absolute atomic E-state index is 0.106. The molecule has 0 saturated heterocycles. The van der Waals surface area contributed by atoms with Crippen molar-refractivity contribution < 1.29 is 22.7 Å². The average molecular weight is 347 g/mol. The zero-order valence-corrected chi connectivity index (χ0v) is 12.7. The molecule has 0 aliphatic rings. The van der Waals surface area contributed by atoms with Crippen molar-refractivity contribution >= 4 is 16.8 Å². The number of carbonyl (C=O) groups is 1. The highest BCUT2D eigenvalue weighted by Crippen LogP contribution is 2.24. The topological polar surface area (TPSA) is 78.1 Å². The lowest BCUT2D eigenvalue weighted by Gasteiger charge is -2.10. The minimum atomic E-state index is -4.74. The first-order valence-electron chi connectivity index (χ1n) is 7.22. The summed E-state index contributed by atoms with van der Waals surface area (Å²) in [5, 5.41) is 0.739. The van der Waals surface area contributed by atoms with Crippen LogP contribution in [-0.4, -0.2) is 22.2 Å². The van der Waals surface area contributed by atoms with E-state index in [0.717, 1.165) is 5.39 Å². The molecule has 128 valence electrons. The summed E-state index contributed by atoms with van der Waals surface area (Å²) in [5.41, 5.74) is 7.09. The Morgan fingerprint density at radius 2 is 1.72 bits per heavy atom. The fourth-order valence-corrected chi connectivity index (χ4v) is 2.39. The number of halogens is 3. The molecule has 0 spiro atoms. The lowest BCUT2D eigenvalue weighted by atomic mass is 10.1. The van der Waals surface area contributed by atoms with Gasteiger partial charge in [0, 0.05) is 11.8 Å². The number of nitrogens with zero attached hydrogens (tertiary/aromatic N) is 2. The second-order valence-corrected chi connectivity index (χ2v) is 5.24. The molecule has 0 bridgehead atoms. The van der Waals surface area contributed by atoms with E-state index in [9.17, 15) is 18.0 Å². The van der Waals surface area contributed by atoms with Crippen molar-refractivity contribution in [1.29, 1.82) is 0 Å². The summed E-state index contributed by atoms with van der Waals surface area (Å²) < 4.78 is 40.4. The Balaban J connectivity index is 1.93. The SMILES string of the molecule is NC(=O)c1nc(Cc2ccc(OC(F)(F)F)cc2)c2ccccc2n1. The maximum Gasteiger partial charge on any atom is 0.573 e. The maximum atomic E-state index is 12.2. The third-order valence-electron chi connectivity index (χ3n) is 3.43. The quantitative estimate of drug-likeness (QED) is 0.786. The second-order valence-electron chi connectivity index (χ2n) is 5.24. The number of fused-ring (bicyclic) bond motifs is 1. The van der Waals surface area contributed by atoms with Gasteiger partial charge in [0.2, 0.25) is 5.82 Å². The number of amides is 1. The van der Waals surface area contributed by atoms with Crippen LogP contribution in [0.2, 0.25) is 0 Å². The summed E-state index contributed by atoms with van der Waals surface area (Å²) in [6.07, 6.45) is -4.43. The molecular formula is C17H12F3N3O2. The molecule has 3 rings (SSSR count). The van der Waals surface area contributed by atoms with Gasteiger partial charge < -0.3 is 10.5 Å². The molecule has 2 N–H and O–H groups in total. The summed E-state index contributed by atoms with van der Waals surface area (Å²) >= 11 is 0. The monoisotopic (exact) mass is 347 g/mol. The highest BCUT2D eigenvalue weighted by atomic mass is 19.4. The van der Waals surface area contributed by atoms with Gasteiger partial charge in [-0.15, -0.1) is 13.2 Å². The van der Waals surface area contributed by atoms with Crippen LogP contribution in [0, 0.1) is 0 Å². The third kappa shape index (κ3) is 4.03. The summed E-state index contributed by atoms with van der Waals surface area (Å²) in [6.45, 7) is 0. The number of rotatable bonds is 4. The number of alkyl halides is 3. The Bertz CT molecular complexity index is 925. The van der Waals surface area contributed by atoms with Crippen molar-refractivity contribution in [1.82, 2.24) is 9.97 Å². The van der Waals surface area contributed by atoms with Crippen molar-refractivity contribution in [3.63, 3.8) is 0 Å². The predicted octanol–water partition coefficient (Wildman–Crippen LogP) is 3.22. The van der Waals surface area contributed by atoms with Gasteiger partial charge in [-0.05, 0) is 23.8 Å². The fourth-order valence-electron chi connectivity index (χ4n) is 2.39. The Kier molecular flexibility index (Phi) is 4.26. The molecule has 1 aromatic heterocycles. The molecule has 0 aliphatic heterocycles. The van der Waals surface area contributed by atoms with Crippen molar-refractivity contribution in [3.05, 3.63) is 65.6 Å². The standard InChI is InChI=1S/C17H12F3N3O2/c18-17(19,20)25-11-7-5-10(6-8-11)9-14-12-3-1-2-4-13(12)22-16(23-14)15(21)24/h1-8H,9H2,(H2,21,24). The largest absolute Gasteiger partial charge is 0.573 e. The van der Waals surface area contributed by atoms with E-state index >= 15 is 0 Å². The van der Waals surface area contributed by atoms with Gasteiger partial charge in [0.15, 0.2) is 0 Å². The number of hydrogen-bond acceptors (Lipinski definition) is 4. The Hall–Kier alpha value is -3.16. The Morgan fingerprint density at radius 1 is 1.04 bits per heavy atom. The Morgan fingerprint density at radius 3 is 2.36 bits per heavy atom. The van der Waals surface area contributed by atoms with E-state index in [1.54, 1.807) is 24.3 Å². The first-order valence-corrected chi connectivity index (χ1v) is 7.22. The first kappa shape index (κ1) is 16.7. The molecule has 3 aromatic rings. The van der Waals surface area contributed by atoms with Gasteiger partial charge >= 0.3 is 6.36 Å². The molecule has 0 fully saturated rings. The van der Waals surface area contributed by atoms with E-state index in [1.165, 1.54) is 24.3 Å². The van der Waals surface area contributed by atoms with E-state index < -0.39 is 12.3 Å². The normalized spacial score (nSPS) is 11.5. The van der Waals surface area contributed by atoms with Crippen LogP contribution >= 0.6 is 0 Å².